The lowest BCUT2D eigenvalue weighted by Crippen LogP contribution is -2.30. The molecule has 26 heavy (non-hydrogen) atoms. The van der Waals surface area contributed by atoms with E-state index in [1.807, 2.05) is 24.3 Å². The molecule has 1 amide bonds. The average Bonchev–Trinajstić information content (AvgIpc) is 2.64. The summed E-state index contributed by atoms with van der Waals surface area (Å²) in [6.45, 7) is 0.741. The Hall–Kier alpha value is -1.95. The maximum Gasteiger partial charge on any atom is 0.256 e. The third kappa shape index (κ3) is 4.81. The molecule has 0 aliphatic rings. The Morgan fingerprint density at radius 2 is 1.88 bits per heavy atom. The summed E-state index contributed by atoms with van der Waals surface area (Å²) < 4.78 is 0.746. The van der Waals surface area contributed by atoms with E-state index < -0.39 is 0 Å². The van der Waals surface area contributed by atoms with Gasteiger partial charge in [0.2, 0.25) is 0 Å². The number of halogens is 3. The van der Waals surface area contributed by atoms with Crippen LogP contribution in [-0.2, 0) is 13.1 Å². The fourth-order valence-corrected chi connectivity index (χ4v) is 3.14. The molecule has 4 nitrogen and oxygen atoms in total. The standard InChI is InChI=1S/C19H14BrCl2N3O/c20-15-8-14(9-23-10-15)19(26)25(12-16-3-1-2-6-24-16)11-13-4-5-17(21)18(22)7-13/h1-10H,11-12H2. The Labute approximate surface area is 169 Å². The molecule has 1 aromatic carbocycles. The van der Waals surface area contributed by atoms with Gasteiger partial charge in [0.15, 0.2) is 0 Å². The molecule has 3 rings (SSSR count). The third-order valence-corrected chi connectivity index (χ3v) is 4.85. The molecule has 2 heterocycles. The van der Waals surface area contributed by atoms with Crippen molar-refractivity contribution in [1.29, 1.82) is 0 Å². The Kier molecular flexibility index (Phi) is 6.25. The van der Waals surface area contributed by atoms with Crippen molar-refractivity contribution in [2.24, 2.45) is 0 Å². The lowest BCUT2D eigenvalue weighted by Gasteiger charge is -2.23. The summed E-state index contributed by atoms with van der Waals surface area (Å²) in [6, 6.07) is 12.7. The Morgan fingerprint density at radius 3 is 2.58 bits per heavy atom. The average molecular weight is 451 g/mol. The van der Waals surface area contributed by atoms with Crippen LogP contribution in [0, 0.1) is 0 Å². The van der Waals surface area contributed by atoms with E-state index in [0.717, 1.165) is 15.7 Å². The second-order valence-corrected chi connectivity index (χ2v) is 7.35. The molecule has 0 atom stereocenters. The van der Waals surface area contributed by atoms with Crippen LogP contribution in [0.1, 0.15) is 21.6 Å². The van der Waals surface area contributed by atoms with Crippen LogP contribution in [0.15, 0.2) is 65.5 Å². The fraction of sp³-hybridized carbons (Fsp3) is 0.105. The zero-order chi connectivity index (χ0) is 18.5. The minimum absolute atomic E-state index is 0.143. The summed E-state index contributed by atoms with van der Waals surface area (Å²) >= 11 is 15.5. The molecule has 0 unspecified atom stereocenters. The van der Waals surface area contributed by atoms with Crippen LogP contribution in [0.3, 0.4) is 0 Å². The predicted molar refractivity (Wildman–Crippen MR) is 106 cm³/mol. The van der Waals surface area contributed by atoms with E-state index in [4.69, 9.17) is 23.2 Å². The van der Waals surface area contributed by atoms with Crippen LogP contribution in [0.25, 0.3) is 0 Å². The highest BCUT2D eigenvalue weighted by Crippen LogP contribution is 2.24. The number of carbonyl (C=O) groups excluding carboxylic acids is 1. The number of hydrogen-bond acceptors (Lipinski definition) is 3. The molecule has 132 valence electrons. The Balaban J connectivity index is 1.90. The molecule has 7 heteroatoms. The van der Waals surface area contributed by atoms with Crippen LogP contribution in [-0.4, -0.2) is 20.8 Å². The molecule has 0 fully saturated rings. The van der Waals surface area contributed by atoms with Gasteiger partial charge in [0.1, 0.15) is 0 Å². The molecule has 0 spiro atoms. The molecule has 2 aromatic heterocycles. The lowest BCUT2D eigenvalue weighted by atomic mass is 10.1. The van der Waals surface area contributed by atoms with Crippen LogP contribution in [0.2, 0.25) is 10.0 Å². The monoisotopic (exact) mass is 449 g/mol. The molecule has 0 aliphatic heterocycles. The molecule has 0 saturated carbocycles. The number of rotatable bonds is 5. The first kappa shape index (κ1) is 18.8. The van der Waals surface area contributed by atoms with E-state index in [0.29, 0.717) is 28.7 Å². The third-order valence-electron chi connectivity index (χ3n) is 3.68. The van der Waals surface area contributed by atoms with Gasteiger partial charge < -0.3 is 4.90 Å². The van der Waals surface area contributed by atoms with Gasteiger partial charge in [-0.3, -0.25) is 14.8 Å². The van der Waals surface area contributed by atoms with Crippen molar-refractivity contribution in [1.82, 2.24) is 14.9 Å². The van der Waals surface area contributed by atoms with E-state index in [1.165, 1.54) is 0 Å². The highest BCUT2D eigenvalue weighted by molar-refractivity contribution is 9.10. The van der Waals surface area contributed by atoms with Gasteiger partial charge >= 0.3 is 0 Å². The van der Waals surface area contributed by atoms with Gasteiger partial charge in [-0.1, -0.05) is 35.3 Å². The summed E-state index contributed by atoms with van der Waals surface area (Å²) in [5.74, 6) is -0.143. The quantitative estimate of drug-likeness (QED) is 0.523. The smallest absolute Gasteiger partial charge is 0.256 e. The Bertz CT molecular complexity index is 922. The second kappa shape index (κ2) is 8.62. The van der Waals surface area contributed by atoms with E-state index in [-0.39, 0.29) is 5.91 Å². The van der Waals surface area contributed by atoms with Crippen molar-refractivity contribution in [3.05, 3.63) is 92.4 Å². The summed E-state index contributed by atoms with van der Waals surface area (Å²) in [4.78, 5) is 23.1. The van der Waals surface area contributed by atoms with Crippen molar-refractivity contribution >= 4 is 45.0 Å². The van der Waals surface area contributed by atoms with Gasteiger partial charge in [0, 0.05) is 29.6 Å². The minimum Gasteiger partial charge on any atom is -0.328 e. The number of carbonyl (C=O) groups is 1. The number of pyridine rings is 2. The van der Waals surface area contributed by atoms with Gasteiger partial charge in [-0.05, 0) is 51.8 Å². The number of aromatic nitrogens is 2. The van der Waals surface area contributed by atoms with E-state index in [2.05, 4.69) is 25.9 Å². The number of benzene rings is 1. The molecule has 0 saturated heterocycles. The van der Waals surface area contributed by atoms with E-state index in [9.17, 15) is 4.79 Å². The van der Waals surface area contributed by atoms with Crippen LogP contribution in [0.4, 0.5) is 0 Å². The fourth-order valence-electron chi connectivity index (χ4n) is 2.46. The van der Waals surface area contributed by atoms with Gasteiger partial charge in [-0.25, -0.2) is 0 Å². The van der Waals surface area contributed by atoms with Crippen LogP contribution >= 0.6 is 39.1 Å². The van der Waals surface area contributed by atoms with E-state index >= 15 is 0 Å². The maximum absolute atomic E-state index is 13.0. The summed E-state index contributed by atoms with van der Waals surface area (Å²) in [5.41, 5.74) is 2.17. The number of hydrogen-bond donors (Lipinski definition) is 0. The molecular weight excluding hydrogens is 437 g/mol. The van der Waals surface area contributed by atoms with Crippen molar-refractivity contribution < 1.29 is 4.79 Å². The lowest BCUT2D eigenvalue weighted by molar-refractivity contribution is 0.0727. The molecule has 0 N–H and O–H groups in total. The van der Waals surface area contributed by atoms with Crippen LogP contribution in [0.5, 0.6) is 0 Å². The first-order valence-electron chi connectivity index (χ1n) is 7.76. The van der Waals surface area contributed by atoms with Crippen LogP contribution < -0.4 is 0 Å². The van der Waals surface area contributed by atoms with Gasteiger partial charge in [-0.2, -0.15) is 0 Å². The molecule has 3 aromatic rings. The normalized spacial score (nSPS) is 10.6. The van der Waals surface area contributed by atoms with Crippen molar-refractivity contribution in [2.45, 2.75) is 13.1 Å². The zero-order valence-electron chi connectivity index (χ0n) is 13.6. The first-order valence-corrected chi connectivity index (χ1v) is 9.31. The summed E-state index contributed by atoms with van der Waals surface area (Å²) in [6.07, 6.45) is 4.89. The first-order chi connectivity index (χ1) is 12.5. The predicted octanol–water partition coefficient (Wildman–Crippen LogP) is 5.39. The molecule has 0 aliphatic carbocycles. The molecular formula is C19H14BrCl2N3O. The summed E-state index contributed by atoms with van der Waals surface area (Å²) in [7, 11) is 0. The topological polar surface area (TPSA) is 46.1 Å². The summed E-state index contributed by atoms with van der Waals surface area (Å²) in [5, 5.41) is 0.938. The van der Waals surface area contributed by atoms with Gasteiger partial charge in [-0.15, -0.1) is 0 Å². The SMILES string of the molecule is O=C(c1cncc(Br)c1)N(Cc1ccc(Cl)c(Cl)c1)Cc1ccccn1. The highest BCUT2D eigenvalue weighted by Gasteiger charge is 2.18. The second-order valence-electron chi connectivity index (χ2n) is 5.62. The highest BCUT2D eigenvalue weighted by atomic mass is 79.9. The van der Waals surface area contributed by atoms with Crippen molar-refractivity contribution in [2.75, 3.05) is 0 Å². The number of amides is 1. The molecule has 0 radical (unpaired) electrons. The Morgan fingerprint density at radius 1 is 1.04 bits per heavy atom. The van der Waals surface area contributed by atoms with Crippen molar-refractivity contribution in [3.63, 3.8) is 0 Å². The van der Waals surface area contributed by atoms with E-state index in [1.54, 1.807) is 41.7 Å². The minimum atomic E-state index is -0.143. The van der Waals surface area contributed by atoms with Gasteiger partial charge in [0.05, 0.1) is 27.8 Å². The van der Waals surface area contributed by atoms with Crippen molar-refractivity contribution in [3.8, 4) is 0 Å². The number of nitrogens with zero attached hydrogens (tertiary/aromatic N) is 3. The largest absolute Gasteiger partial charge is 0.328 e. The maximum atomic E-state index is 13.0. The van der Waals surface area contributed by atoms with Gasteiger partial charge in [0.25, 0.3) is 5.91 Å². The zero-order valence-corrected chi connectivity index (χ0v) is 16.7. The molecule has 0 bridgehead atoms.